The zero-order valence-corrected chi connectivity index (χ0v) is 10.6. The fourth-order valence-corrected chi connectivity index (χ4v) is 1.84. The third-order valence-electron chi connectivity index (χ3n) is 2.19. The number of rotatable bonds is 7. The van der Waals surface area contributed by atoms with Gasteiger partial charge >= 0.3 is 0 Å². The lowest BCUT2D eigenvalue weighted by Gasteiger charge is -2.15. The largest absolute Gasteiger partial charge is 0.352 e. The van der Waals surface area contributed by atoms with Crippen LogP contribution >= 0.6 is 11.8 Å². The summed E-state index contributed by atoms with van der Waals surface area (Å²) in [5.74, 6) is 0.437. The van der Waals surface area contributed by atoms with Crippen LogP contribution in [0.2, 0.25) is 0 Å². The van der Waals surface area contributed by atoms with Crippen molar-refractivity contribution in [3.05, 3.63) is 0 Å². The highest BCUT2D eigenvalue weighted by Gasteiger charge is 2.17. The normalized spacial score (nSPS) is 14.0. The Labute approximate surface area is 96.6 Å². The molecule has 0 bridgehead atoms. The third-order valence-corrected chi connectivity index (χ3v) is 2.84. The molecule has 0 aromatic carbocycles. The van der Waals surface area contributed by atoms with Gasteiger partial charge in [0, 0.05) is 6.04 Å². The first-order chi connectivity index (χ1) is 7.15. The average Bonchev–Trinajstić information content (AvgIpc) is 2.22. The molecule has 0 saturated heterocycles. The molecule has 0 aromatic heterocycles. The van der Waals surface area contributed by atoms with Gasteiger partial charge in [-0.15, -0.1) is 0 Å². The van der Waals surface area contributed by atoms with Gasteiger partial charge in [-0.2, -0.15) is 17.0 Å². The van der Waals surface area contributed by atoms with Gasteiger partial charge in [0.15, 0.2) is 0 Å². The van der Waals surface area contributed by atoms with Gasteiger partial charge < -0.3 is 5.32 Å². The van der Waals surface area contributed by atoms with E-state index < -0.39 is 5.92 Å². The summed E-state index contributed by atoms with van der Waals surface area (Å²) in [5.41, 5.74) is 0. The van der Waals surface area contributed by atoms with Crippen LogP contribution in [0.25, 0.3) is 0 Å². The molecule has 1 N–H and O–H groups in total. The third kappa shape index (κ3) is 6.40. The Morgan fingerprint density at radius 1 is 1.53 bits per heavy atom. The van der Waals surface area contributed by atoms with E-state index in [1.807, 2.05) is 26.2 Å². The Bertz CT molecular complexity index is 225. The minimum Gasteiger partial charge on any atom is -0.352 e. The van der Waals surface area contributed by atoms with Gasteiger partial charge in [-0.05, 0) is 31.8 Å². The second-order valence-corrected chi connectivity index (χ2v) is 4.65. The Morgan fingerprint density at radius 2 is 2.20 bits per heavy atom. The van der Waals surface area contributed by atoms with E-state index in [0.717, 1.165) is 18.6 Å². The van der Waals surface area contributed by atoms with Crippen LogP contribution in [-0.4, -0.2) is 24.0 Å². The van der Waals surface area contributed by atoms with Crippen molar-refractivity contribution in [2.75, 3.05) is 12.0 Å². The monoisotopic (exact) mass is 228 g/mol. The smallest absolute Gasteiger partial charge is 0.237 e. The molecule has 0 aliphatic carbocycles. The van der Waals surface area contributed by atoms with Crippen LogP contribution in [0.1, 0.15) is 33.1 Å². The Balaban J connectivity index is 3.94. The van der Waals surface area contributed by atoms with Gasteiger partial charge in [0.2, 0.25) is 5.91 Å². The second kappa shape index (κ2) is 8.60. The molecule has 0 rings (SSSR count). The first-order valence-electron chi connectivity index (χ1n) is 5.34. The van der Waals surface area contributed by atoms with Crippen molar-refractivity contribution in [2.45, 2.75) is 39.2 Å². The van der Waals surface area contributed by atoms with Crippen LogP contribution in [0.4, 0.5) is 0 Å². The van der Waals surface area contributed by atoms with Gasteiger partial charge in [-0.3, -0.25) is 4.79 Å². The van der Waals surface area contributed by atoms with Crippen LogP contribution < -0.4 is 5.32 Å². The van der Waals surface area contributed by atoms with E-state index in [1.165, 1.54) is 0 Å². The molecule has 86 valence electrons. The first-order valence-corrected chi connectivity index (χ1v) is 6.74. The quantitative estimate of drug-likeness (QED) is 0.726. The molecule has 0 heterocycles. The number of carbonyl (C=O) groups is 1. The zero-order valence-electron chi connectivity index (χ0n) is 9.75. The molecule has 15 heavy (non-hydrogen) atoms. The minimum atomic E-state index is -0.480. The molecule has 4 heteroatoms. The maximum atomic E-state index is 11.6. The molecule has 0 aliphatic heterocycles. The number of nitriles is 1. The van der Waals surface area contributed by atoms with Gasteiger partial charge in [-0.25, -0.2) is 0 Å². The second-order valence-electron chi connectivity index (χ2n) is 3.66. The highest BCUT2D eigenvalue weighted by Crippen LogP contribution is 2.06. The Hall–Kier alpha value is -0.690. The molecule has 2 unspecified atom stereocenters. The lowest BCUT2D eigenvalue weighted by Crippen LogP contribution is -2.37. The van der Waals surface area contributed by atoms with Crippen molar-refractivity contribution in [3.63, 3.8) is 0 Å². The maximum Gasteiger partial charge on any atom is 0.237 e. The van der Waals surface area contributed by atoms with Crippen molar-refractivity contribution in [1.82, 2.24) is 5.32 Å². The van der Waals surface area contributed by atoms with Gasteiger partial charge in [0.25, 0.3) is 0 Å². The number of hydrogen-bond donors (Lipinski definition) is 1. The van der Waals surface area contributed by atoms with Crippen molar-refractivity contribution in [2.24, 2.45) is 5.92 Å². The summed E-state index contributed by atoms with van der Waals surface area (Å²) in [6.07, 6.45) is 4.52. The summed E-state index contributed by atoms with van der Waals surface area (Å²) < 4.78 is 0. The molecule has 0 radical (unpaired) electrons. The highest BCUT2D eigenvalue weighted by molar-refractivity contribution is 7.98. The van der Waals surface area contributed by atoms with Crippen LogP contribution in [0, 0.1) is 17.2 Å². The van der Waals surface area contributed by atoms with Crippen molar-refractivity contribution in [1.29, 1.82) is 5.26 Å². The van der Waals surface area contributed by atoms with E-state index in [4.69, 9.17) is 5.26 Å². The first kappa shape index (κ1) is 14.3. The zero-order chi connectivity index (χ0) is 11.7. The average molecular weight is 228 g/mol. The van der Waals surface area contributed by atoms with E-state index in [0.29, 0.717) is 6.42 Å². The van der Waals surface area contributed by atoms with Gasteiger partial charge in [0.05, 0.1) is 6.07 Å². The molecule has 0 fully saturated rings. The molecule has 0 aliphatic rings. The number of thioether (sulfide) groups is 1. The molecule has 0 spiro atoms. The fraction of sp³-hybridized carbons (Fsp3) is 0.818. The van der Waals surface area contributed by atoms with Crippen molar-refractivity contribution in [3.8, 4) is 6.07 Å². The lowest BCUT2D eigenvalue weighted by atomic mass is 10.0. The Kier molecular flexibility index (Phi) is 8.21. The number of amides is 1. The SMILES string of the molecule is CCCC(C#N)C(=O)NC(C)CCSC. The van der Waals surface area contributed by atoms with E-state index in [-0.39, 0.29) is 11.9 Å². The van der Waals surface area contributed by atoms with Crippen LogP contribution in [-0.2, 0) is 4.79 Å². The molecular weight excluding hydrogens is 208 g/mol. The number of nitrogens with zero attached hydrogens (tertiary/aromatic N) is 1. The topological polar surface area (TPSA) is 52.9 Å². The van der Waals surface area contributed by atoms with E-state index in [2.05, 4.69) is 5.32 Å². The molecular formula is C11H20N2OS. The number of nitrogens with one attached hydrogen (secondary N) is 1. The minimum absolute atomic E-state index is 0.118. The van der Waals surface area contributed by atoms with Gasteiger partial charge in [-0.1, -0.05) is 13.3 Å². The van der Waals surface area contributed by atoms with Gasteiger partial charge in [0.1, 0.15) is 5.92 Å². The van der Waals surface area contributed by atoms with Crippen LogP contribution in [0.15, 0.2) is 0 Å². The fourth-order valence-electron chi connectivity index (χ4n) is 1.25. The highest BCUT2D eigenvalue weighted by atomic mass is 32.2. The summed E-state index contributed by atoms with van der Waals surface area (Å²) in [6, 6.07) is 2.21. The van der Waals surface area contributed by atoms with Crippen LogP contribution in [0.3, 0.4) is 0 Å². The molecule has 3 nitrogen and oxygen atoms in total. The lowest BCUT2D eigenvalue weighted by molar-refractivity contribution is -0.124. The van der Waals surface area contributed by atoms with Crippen molar-refractivity contribution < 1.29 is 4.79 Å². The summed E-state index contributed by atoms with van der Waals surface area (Å²) >= 11 is 1.77. The number of hydrogen-bond acceptors (Lipinski definition) is 3. The summed E-state index contributed by atoms with van der Waals surface area (Å²) in [7, 11) is 0. The maximum absolute atomic E-state index is 11.6. The summed E-state index contributed by atoms with van der Waals surface area (Å²) in [5, 5.41) is 11.7. The summed E-state index contributed by atoms with van der Waals surface area (Å²) in [4.78, 5) is 11.6. The summed E-state index contributed by atoms with van der Waals surface area (Å²) in [6.45, 7) is 3.96. The molecule has 2 atom stereocenters. The van der Waals surface area contributed by atoms with E-state index >= 15 is 0 Å². The van der Waals surface area contributed by atoms with E-state index in [1.54, 1.807) is 11.8 Å². The van der Waals surface area contributed by atoms with Crippen molar-refractivity contribution >= 4 is 17.7 Å². The standard InChI is InChI=1S/C11H20N2OS/c1-4-5-10(8-12)11(14)13-9(2)6-7-15-3/h9-10H,4-7H2,1-3H3,(H,13,14). The molecule has 1 amide bonds. The number of carbonyl (C=O) groups excluding carboxylic acids is 1. The van der Waals surface area contributed by atoms with Crippen LogP contribution in [0.5, 0.6) is 0 Å². The Morgan fingerprint density at radius 3 is 2.67 bits per heavy atom. The van der Waals surface area contributed by atoms with E-state index in [9.17, 15) is 4.79 Å². The molecule has 0 saturated carbocycles. The predicted octanol–water partition coefficient (Wildman–Crippen LogP) is 2.18. The molecule has 0 aromatic rings. The predicted molar refractivity (Wildman–Crippen MR) is 64.6 cm³/mol.